The smallest absolute Gasteiger partial charge is 0.164 e. The summed E-state index contributed by atoms with van der Waals surface area (Å²) in [6.07, 6.45) is 4.89. The van der Waals surface area contributed by atoms with Gasteiger partial charge < -0.3 is 19.5 Å². The van der Waals surface area contributed by atoms with Crippen LogP contribution >= 0.6 is 0 Å². The van der Waals surface area contributed by atoms with Crippen LogP contribution in [0.4, 0.5) is 0 Å². The van der Waals surface area contributed by atoms with Crippen LogP contribution in [0, 0.1) is 0 Å². The van der Waals surface area contributed by atoms with Crippen molar-refractivity contribution in [3.05, 3.63) is 23.8 Å². The summed E-state index contributed by atoms with van der Waals surface area (Å²) in [5.41, 5.74) is 0.524. The van der Waals surface area contributed by atoms with E-state index in [1.54, 1.807) is 7.11 Å². The molecule has 21 heavy (non-hydrogen) atoms. The van der Waals surface area contributed by atoms with Crippen LogP contribution in [0.25, 0.3) is 0 Å². The Labute approximate surface area is 126 Å². The van der Waals surface area contributed by atoms with Gasteiger partial charge in [-0.1, -0.05) is 12.1 Å². The molecule has 4 heteroatoms. The number of likely N-dealkylation sites (N-methyl/N-ethyl adjacent to an activating group) is 1. The van der Waals surface area contributed by atoms with Crippen molar-refractivity contribution >= 4 is 0 Å². The lowest BCUT2D eigenvalue weighted by atomic mass is 10.0. The molecule has 2 fully saturated rings. The second kappa shape index (κ2) is 5.85. The Hall–Kier alpha value is -1.26. The Kier molecular flexibility index (Phi) is 4.09. The maximum absolute atomic E-state index is 10.1. The molecule has 0 amide bonds. The highest BCUT2D eigenvalue weighted by Gasteiger charge is 2.41. The Balaban J connectivity index is 1.76. The maximum atomic E-state index is 10.1. The van der Waals surface area contributed by atoms with Crippen molar-refractivity contribution in [1.82, 2.24) is 4.90 Å². The number of ether oxygens (including phenoxy) is 2. The number of likely N-dealkylation sites (tertiary alicyclic amines) is 1. The second-order valence-corrected chi connectivity index (χ2v) is 6.49. The normalized spacial score (nSPS) is 24.6. The molecule has 1 aliphatic carbocycles. The molecule has 1 aromatic carbocycles. The first-order chi connectivity index (χ1) is 10.1. The monoisotopic (exact) mass is 291 g/mol. The molecule has 1 saturated heterocycles. The van der Waals surface area contributed by atoms with Crippen molar-refractivity contribution < 1.29 is 14.6 Å². The zero-order valence-electron chi connectivity index (χ0n) is 13.0. The number of methoxy groups -OCH3 is 1. The molecule has 116 valence electrons. The molecule has 3 rings (SSSR count). The third-order valence-corrected chi connectivity index (χ3v) is 4.49. The van der Waals surface area contributed by atoms with Gasteiger partial charge in [-0.3, -0.25) is 0 Å². The average Bonchev–Trinajstić information content (AvgIpc) is 3.16. The van der Waals surface area contributed by atoms with Gasteiger partial charge in [0.2, 0.25) is 0 Å². The van der Waals surface area contributed by atoms with E-state index in [1.807, 2.05) is 18.2 Å². The minimum Gasteiger partial charge on any atom is -0.493 e. The van der Waals surface area contributed by atoms with E-state index in [0.717, 1.165) is 49.4 Å². The number of rotatable bonds is 5. The number of nitrogens with zero attached hydrogens (tertiary/aromatic N) is 1. The fraction of sp³-hybridized carbons (Fsp3) is 0.647. The fourth-order valence-electron chi connectivity index (χ4n) is 3.10. The van der Waals surface area contributed by atoms with Crippen LogP contribution in [0.2, 0.25) is 0 Å². The van der Waals surface area contributed by atoms with Crippen molar-refractivity contribution in [1.29, 1.82) is 0 Å². The summed E-state index contributed by atoms with van der Waals surface area (Å²) in [4.78, 5) is 2.30. The first-order valence-electron chi connectivity index (χ1n) is 7.83. The summed E-state index contributed by atoms with van der Waals surface area (Å²) in [6.45, 7) is 2.10. The Bertz CT molecular complexity index is 499. The summed E-state index contributed by atoms with van der Waals surface area (Å²) >= 11 is 0. The molecule has 1 heterocycles. The van der Waals surface area contributed by atoms with Crippen molar-refractivity contribution in [3.8, 4) is 11.5 Å². The molecule has 1 aliphatic heterocycles. The zero-order chi connectivity index (χ0) is 14.9. The van der Waals surface area contributed by atoms with E-state index in [-0.39, 0.29) is 6.10 Å². The summed E-state index contributed by atoms with van der Waals surface area (Å²) in [5.74, 6) is 1.59. The standard InChI is InChI=1S/C17H25NO3/c1-18-10-4-6-14(12-18)21-15-7-3-5-13(16(15)20-2)11-17(19)8-9-17/h3,5,7,14,19H,4,6,8-12H2,1-2H3. The molecule has 1 aromatic rings. The molecular formula is C17H25NO3. The second-order valence-electron chi connectivity index (χ2n) is 6.49. The molecule has 0 radical (unpaired) electrons. The Morgan fingerprint density at radius 3 is 2.86 bits per heavy atom. The van der Waals surface area contributed by atoms with Crippen LogP contribution in [0.15, 0.2) is 18.2 Å². The number of para-hydroxylation sites is 1. The van der Waals surface area contributed by atoms with Crippen molar-refractivity contribution in [2.45, 2.75) is 43.8 Å². The van der Waals surface area contributed by atoms with Gasteiger partial charge in [-0.05, 0) is 45.3 Å². The number of piperidine rings is 1. The highest BCUT2D eigenvalue weighted by molar-refractivity contribution is 5.47. The van der Waals surface area contributed by atoms with Gasteiger partial charge in [0.15, 0.2) is 11.5 Å². The molecule has 4 nitrogen and oxygen atoms in total. The lowest BCUT2D eigenvalue weighted by molar-refractivity contribution is 0.101. The highest BCUT2D eigenvalue weighted by Crippen LogP contribution is 2.42. The largest absolute Gasteiger partial charge is 0.493 e. The highest BCUT2D eigenvalue weighted by atomic mass is 16.5. The number of hydrogen-bond acceptors (Lipinski definition) is 4. The quantitative estimate of drug-likeness (QED) is 0.903. The van der Waals surface area contributed by atoms with E-state index in [1.165, 1.54) is 6.42 Å². The SMILES string of the molecule is COc1c(CC2(O)CC2)cccc1OC1CCCN(C)C1. The summed E-state index contributed by atoms with van der Waals surface area (Å²) < 4.78 is 11.7. The van der Waals surface area contributed by atoms with Crippen LogP contribution in [-0.4, -0.2) is 49.0 Å². The predicted molar refractivity (Wildman–Crippen MR) is 82.0 cm³/mol. The van der Waals surface area contributed by atoms with E-state index >= 15 is 0 Å². The van der Waals surface area contributed by atoms with E-state index < -0.39 is 5.60 Å². The van der Waals surface area contributed by atoms with Crippen LogP contribution in [0.3, 0.4) is 0 Å². The van der Waals surface area contributed by atoms with Gasteiger partial charge >= 0.3 is 0 Å². The lowest BCUT2D eigenvalue weighted by Crippen LogP contribution is -2.38. The van der Waals surface area contributed by atoms with Crippen LogP contribution in [0.1, 0.15) is 31.2 Å². The predicted octanol–water partition coefficient (Wildman–Crippen LogP) is 2.24. The van der Waals surface area contributed by atoms with Crippen LogP contribution in [-0.2, 0) is 6.42 Å². The molecule has 2 aliphatic rings. The van der Waals surface area contributed by atoms with Gasteiger partial charge in [0.1, 0.15) is 6.10 Å². The van der Waals surface area contributed by atoms with Crippen LogP contribution in [0.5, 0.6) is 11.5 Å². The molecule has 1 N–H and O–H groups in total. The number of aliphatic hydroxyl groups is 1. The van der Waals surface area contributed by atoms with Crippen molar-refractivity contribution in [2.24, 2.45) is 0 Å². The van der Waals surface area contributed by atoms with Gasteiger partial charge in [0.25, 0.3) is 0 Å². The first-order valence-corrected chi connectivity index (χ1v) is 7.83. The van der Waals surface area contributed by atoms with Crippen LogP contribution < -0.4 is 9.47 Å². The van der Waals surface area contributed by atoms with Gasteiger partial charge in [0.05, 0.1) is 12.7 Å². The van der Waals surface area contributed by atoms with E-state index in [4.69, 9.17) is 9.47 Å². The summed E-state index contributed by atoms with van der Waals surface area (Å²) in [5, 5.41) is 10.1. The molecule has 0 aromatic heterocycles. The van der Waals surface area contributed by atoms with E-state index in [2.05, 4.69) is 11.9 Å². The van der Waals surface area contributed by atoms with E-state index in [9.17, 15) is 5.11 Å². The topological polar surface area (TPSA) is 41.9 Å². The third-order valence-electron chi connectivity index (χ3n) is 4.49. The van der Waals surface area contributed by atoms with Gasteiger partial charge in [-0.15, -0.1) is 0 Å². The molecule has 1 atom stereocenters. The Morgan fingerprint density at radius 1 is 1.38 bits per heavy atom. The summed E-state index contributed by atoms with van der Waals surface area (Å²) in [6, 6.07) is 5.98. The molecule has 0 bridgehead atoms. The van der Waals surface area contributed by atoms with Gasteiger partial charge in [-0.2, -0.15) is 0 Å². The number of benzene rings is 1. The molecule has 0 spiro atoms. The third kappa shape index (κ3) is 3.50. The van der Waals surface area contributed by atoms with Crippen molar-refractivity contribution in [2.75, 3.05) is 27.2 Å². The van der Waals surface area contributed by atoms with Gasteiger partial charge in [0, 0.05) is 18.5 Å². The molecule has 1 saturated carbocycles. The fourth-order valence-corrected chi connectivity index (χ4v) is 3.10. The Morgan fingerprint density at radius 2 is 2.19 bits per heavy atom. The van der Waals surface area contributed by atoms with E-state index in [0.29, 0.717) is 6.42 Å². The minimum absolute atomic E-state index is 0.219. The first kappa shape index (κ1) is 14.7. The minimum atomic E-state index is -0.517. The molecular weight excluding hydrogens is 266 g/mol. The summed E-state index contributed by atoms with van der Waals surface area (Å²) in [7, 11) is 3.81. The lowest BCUT2D eigenvalue weighted by Gasteiger charge is -2.30. The zero-order valence-corrected chi connectivity index (χ0v) is 13.0. The van der Waals surface area contributed by atoms with Crippen molar-refractivity contribution in [3.63, 3.8) is 0 Å². The van der Waals surface area contributed by atoms with Gasteiger partial charge in [-0.25, -0.2) is 0 Å². The molecule has 1 unspecified atom stereocenters. The number of hydrogen-bond donors (Lipinski definition) is 1. The average molecular weight is 291 g/mol. The maximum Gasteiger partial charge on any atom is 0.164 e.